The highest BCUT2D eigenvalue weighted by Gasteiger charge is 2.18. The smallest absolute Gasteiger partial charge is 0.346 e. The summed E-state index contributed by atoms with van der Waals surface area (Å²) in [6.45, 7) is 1.58. The Morgan fingerprint density at radius 2 is 2.00 bits per heavy atom. The fourth-order valence-electron chi connectivity index (χ4n) is 2.48. The van der Waals surface area contributed by atoms with E-state index in [-0.39, 0.29) is 22.2 Å². The molecule has 0 spiro atoms. The molecule has 24 heavy (non-hydrogen) atoms. The van der Waals surface area contributed by atoms with E-state index in [1.165, 1.54) is 12.1 Å². The summed E-state index contributed by atoms with van der Waals surface area (Å²) in [4.78, 5) is 41.9. The molecule has 2 heterocycles. The van der Waals surface area contributed by atoms with Crippen molar-refractivity contribution in [2.24, 2.45) is 0 Å². The molecule has 0 fully saturated rings. The van der Waals surface area contributed by atoms with E-state index in [1.54, 1.807) is 19.1 Å². The van der Waals surface area contributed by atoms with Gasteiger partial charge < -0.3 is 15.2 Å². The number of nitrogens with zero attached hydrogens (tertiary/aromatic N) is 1. The Morgan fingerprint density at radius 3 is 2.67 bits per heavy atom. The third kappa shape index (κ3) is 2.79. The van der Waals surface area contributed by atoms with Gasteiger partial charge in [0.05, 0.1) is 10.9 Å². The molecular weight excluding hydrogens is 332 g/mol. The second-order valence-corrected chi connectivity index (χ2v) is 6.24. The molecular formula is C16H12N2O5S. The number of aromatic carboxylic acids is 2. The summed E-state index contributed by atoms with van der Waals surface area (Å²) in [5.41, 5.74) is 0.835. The molecule has 3 rings (SSSR count). The average Bonchev–Trinajstić information content (AvgIpc) is 2.85. The van der Waals surface area contributed by atoms with Crippen LogP contribution < -0.4 is 5.56 Å². The van der Waals surface area contributed by atoms with E-state index in [1.807, 2.05) is 0 Å². The van der Waals surface area contributed by atoms with Crippen molar-refractivity contribution >= 4 is 33.5 Å². The van der Waals surface area contributed by atoms with Crippen LogP contribution in [0.4, 0.5) is 0 Å². The Hall–Kier alpha value is -3.00. The number of nitrogens with one attached hydrogen (secondary N) is 1. The Kier molecular flexibility index (Phi) is 3.90. The Bertz CT molecular complexity index is 1030. The van der Waals surface area contributed by atoms with E-state index in [0.717, 1.165) is 11.3 Å². The van der Waals surface area contributed by atoms with Gasteiger partial charge in [0.1, 0.15) is 15.5 Å². The van der Waals surface area contributed by atoms with E-state index < -0.39 is 17.5 Å². The highest BCUT2D eigenvalue weighted by atomic mass is 32.1. The molecule has 3 aromatic rings. The number of carboxylic acid groups (broad SMARTS) is 2. The number of hydrogen-bond acceptors (Lipinski definition) is 5. The van der Waals surface area contributed by atoms with E-state index in [2.05, 4.69) is 9.97 Å². The predicted octanol–water partition coefficient (Wildman–Crippen LogP) is 2.28. The van der Waals surface area contributed by atoms with Crippen molar-refractivity contribution in [3.05, 3.63) is 62.0 Å². The first kappa shape index (κ1) is 15.9. The van der Waals surface area contributed by atoms with Gasteiger partial charge in [-0.25, -0.2) is 14.6 Å². The molecule has 0 radical (unpaired) electrons. The summed E-state index contributed by atoms with van der Waals surface area (Å²) >= 11 is 0.954. The third-order valence-electron chi connectivity index (χ3n) is 3.59. The van der Waals surface area contributed by atoms with Gasteiger partial charge in [-0.05, 0) is 30.2 Å². The minimum Gasteiger partial charge on any atom is -0.478 e. The third-order valence-corrected chi connectivity index (χ3v) is 4.76. The molecule has 7 nitrogen and oxygen atoms in total. The monoisotopic (exact) mass is 344 g/mol. The van der Waals surface area contributed by atoms with Gasteiger partial charge in [0.25, 0.3) is 5.56 Å². The van der Waals surface area contributed by atoms with Gasteiger partial charge in [-0.1, -0.05) is 12.1 Å². The number of H-pyrrole nitrogens is 1. The Morgan fingerprint density at radius 1 is 1.25 bits per heavy atom. The van der Waals surface area contributed by atoms with E-state index in [9.17, 15) is 14.4 Å². The number of fused-ring (bicyclic) bond motifs is 1. The van der Waals surface area contributed by atoms with Crippen LogP contribution in [0, 0.1) is 6.92 Å². The number of aromatic nitrogens is 2. The van der Waals surface area contributed by atoms with Crippen LogP contribution in [0.5, 0.6) is 0 Å². The maximum absolute atomic E-state index is 12.2. The van der Waals surface area contributed by atoms with Crippen molar-refractivity contribution in [3.63, 3.8) is 0 Å². The fraction of sp³-hybridized carbons (Fsp3) is 0.125. The van der Waals surface area contributed by atoms with Crippen LogP contribution in [0.1, 0.15) is 37.0 Å². The molecule has 0 aliphatic heterocycles. The standard InChI is InChI=1S/C16H12N2O5S/c1-7-11-13(19)17-10(18-14(11)24-12(7)16(22)23)6-8-3-2-4-9(5-8)15(20)21/h2-5H,6H2,1H3,(H,20,21)(H,22,23)(H,17,18,19). The summed E-state index contributed by atoms with van der Waals surface area (Å²) in [5.74, 6) is -1.77. The van der Waals surface area contributed by atoms with Crippen molar-refractivity contribution in [2.75, 3.05) is 0 Å². The molecule has 0 bridgehead atoms. The van der Waals surface area contributed by atoms with Crippen molar-refractivity contribution in [3.8, 4) is 0 Å². The van der Waals surface area contributed by atoms with Gasteiger partial charge in [0.2, 0.25) is 0 Å². The first-order valence-electron chi connectivity index (χ1n) is 6.94. The lowest BCUT2D eigenvalue weighted by atomic mass is 10.1. The number of rotatable bonds is 4. The van der Waals surface area contributed by atoms with Crippen molar-refractivity contribution < 1.29 is 19.8 Å². The van der Waals surface area contributed by atoms with E-state index >= 15 is 0 Å². The van der Waals surface area contributed by atoms with Crippen LogP contribution >= 0.6 is 11.3 Å². The Balaban J connectivity index is 2.05. The first-order chi connectivity index (χ1) is 11.4. The second-order valence-electron chi connectivity index (χ2n) is 5.24. The molecule has 8 heteroatoms. The zero-order chi connectivity index (χ0) is 17.4. The SMILES string of the molecule is Cc1c(C(=O)O)sc2nc(Cc3cccc(C(=O)O)c3)[nH]c(=O)c12. The minimum absolute atomic E-state index is 0.0908. The lowest BCUT2D eigenvalue weighted by Crippen LogP contribution is -2.12. The van der Waals surface area contributed by atoms with Gasteiger partial charge in [-0.3, -0.25) is 4.79 Å². The van der Waals surface area contributed by atoms with Crippen LogP contribution in [0.25, 0.3) is 10.2 Å². The minimum atomic E-state index is -1.09. The second kappa shape index (κ2) is 5.89. The lowest BCUT2D eigenvalue weighted by molar-refractivity contribution is 0.0688. The molecule has 3 N–H and O–H groups in total. The summed E-state index contributed by atoms with van der Waals surface area (Å²) in [5, 5.41) is 18.5. The maximum Gasteiger partial charge on any atom is 0.346 e. The first-order valence-corrected chi connectivity index (χ1v) is 7.76. The van der Waals surface area contributed by atoms with Gasteiger partial charge >= 0.3 is 11.9 Å². The predicted molar refractivity (Wildman–Crippen MR) is 88.1 cm³/mol. The molecule has 0 amide bonds. The van der Waals surface area contributed by atoms with Gasteiger partial charge in [0.15, 0.2) is 0 Å². The van der Waals surface area contributed by atoms with Crippen LogP contribution in [-0.4, -0.2) is 32.1 Å². The number of aromatic amines is 1. The highest BCUT2D eigenvalue weighted by Crippen LogP contribution is 2.27. The van der Waals surface area contributed by atoms with E-state index in [4.69, 9.17) is 10.2 Å². The zero-order valence-electron chi connectivity index (χ0n) is 12.5. The lowest BCUT2D eigenvalue weighted by Gasteiger charge is -2.03. The van der Waals surface area contributed by atoms with Crippen LogP contribution in [-0.2, 0) is 6.42 Å². The molecule has 0 unspecified atom stereocenters. The zero-order valence-corrected chi connectivity index (χ0v) is 13.3. The van der Waals surface area contributed by atoms with Gasteiger partial charge in [-0.2, -0.15) is 0 Å². The summed E-state index contributed by atoms with van der Waals surface area (Å²) in [6.07, 6.45) is 0.242. The van der Waals surface area contributed by atoms with Crippen molar-refractivity contribution in [1.29, 1.82) is 0 Å². The normalized spacial score (nSPS) is 10.9. The average molecular weight is 344 g/mol. The fourth-order valence-corrected chi connectivity index (χ4v) is 3.52. The molecule has 122 valence electrons. The van der Waals surface area contributed by atoms with Crippen LogP contribution in [0.15, 0.2) is 29.1 Å². The Labute approximate surface area is 139 Å². The quantitative estimate of drug-likeness (QED) is 0.668. The number of carboxylic acids is 2. The largest absolute Gasteiger partial charge is 0.478 e. The number of aryl methyl sites for hydroxylation is 1. The van der Waals surface area contributed by atoms with E-state index in [0.29, 0.717) is 21.8 Å². The molecule has 2 aromatic heterocycles. The van der Waals surface area contributed by atoms with Crippen molar-refractivity contribution in [2.45, 2.75) is 13.3 Å². The molecule has 0 aliphatic carbocycles. The molecule has 0 aliphatic rings. The van der Waals surface area contributed by atoms with Gasteiger partial charge in [-0.15, -0.1) is 11.3 Å². The van der Waals surface area contributed by atoms with Crippen molar-refractivity contribution in [1.82, 2.24) is 9.97 Å². The molecule has 1 aromatic carbocycles. The summed E-state index contributed by atoms with van der Waals surface area (Å²) < 4.78 is 0. The number of hydrogen-bond donors (Lipinski definition) is 3. The maximum atomic E-state index is 12.2. The summed E-state index contributed by atoms with van der Waals surface area (Å²) in [6, 6.07) is 6.34. The van der Waals surface area contributed by atoms with Crippen LogP contribution in [0.2, 0.25) is 0 Å². The van der Waals surface area contributed by atoms with Crippen LogP contribution in [0.3, 0.4) is 0 Å². The summed E-state index contributed by atoms with van der Waals surface area (Å²) in [7, 11) is 0. The molecule has 0 saturated heterocycles. The number of thiophene rings is 1. The highest BCUT2D eigenvalue weighted by molar-refractivity contribution is 7.20. The number of benzene rings is 1. The molecule has 0 atom stereocenters. The molecule has 0 saturated carbocycles. The topological polar surface area (TPSA) is 120 Å². The van der Waals surface area contributed by atoms with Gasteiger partial charge in [0, 0.05) is 6.42 Å². The number of carbonyl (C=O) groups is 2.